The molecule has 0 unspecified atom stereocenters. The van der Waals surface area contributed by atoms with Crippen LogP contribution in [-0.4, -0.2) is 36.1 Å². The Balaban J connectivity index is 2.28. The van der Waals surface area contributed by atoms with Gasteiger partial charge in [-0.2, -0.15) is 4.31 Å². The number of carbonyl (C=O) groups is 1. The summed E-state index contributed by atoms with van der Waals surface area (Å²) in [7, 11) is -3.22. The molecule has 6 heteroatoms. The smallest absolute Gasteiger partial charge is 0.335 e. The summed E-state index contributed by atoms with van der Waals surface area (Å²) in [5, 5.41) is 8.96. The molecular weight excluding hydrogens is 266 g/mol. The number of nitrogens with zero attached hydrogens (tertiary/aromatic N) is 1. The first-order valence-electron chi connectivity index (χ1n) is 6.27. The summed E-state index contributed by atoms with van der Waals surface area (Å²) < 4.78 is 25.5. The molecule has 0 spiro atoms. The van der Waals surface area contributed by atoms with Gasteiger partial charge in [-0.05, 0) is 36.1 Å². The normalized spacial score (nSPS) is 16.1. The van der Waals surface area contributed by atoms with E-state index in [0.717, 1.165) is 11.1 Å². The summed E-state index contributed by atoms with van der Waals surface area (Å²) in [6.07, 6.45) is 1.22. The van der Waals surface area contributed by atoms with E-state index in [0.29, 0.717) is 19.4 Å². The maximum absolute atomic E-state index is 12.0. The second-order valence-corrected chi connectivity index (χ2v) is 6.78. The molecule has 1 aromatic carbocycles. The molecule has 0 saturated heterocycles. The average molecular weight is 283 g/mol. The predicted molar refractivity (Wildman–Crippen MR) is 71.6 cm³/mol. The molecule has 0 saturated carbocycles. The lowest BCUT2D eigenvalue weighted by molar-refractivity contribution is 0.0696. The van der Waals surface area contributed by atoms with E-state index >= 15 is 0 Å². The molecule has 0 fully saturated rings. The van der Waals surface area contributed by atoms with Gasteiger partial charge in [-0.3, -0.25) is 0 Å². The van der Waals surface area contributed by atoms with Crippen molar-refractivity contribution >= 4 is 16.0 Å². The summed E-state index contributed by atoms with van der Waals surface area (Å²) in [6, 6.07) is 4.92. The quantitative estimate of drug-likeness (QED) is 0.908. The Morgan fingerprint density at radius 3 is 2.74 bits per heavy atom. The van der Waals surface area contributed by atoms with Gasteiger partial charge >= 0.3 is 5.97 Å². The zero-order chi connectivity index (χ0) is 14.0. The van der Waals surface area contributed by atoms with Crippen LogP contribution in [0.4, 0.5) is 0 Å². The highest BCUT2D eigenvalue weighted by molar-refractivity contribution is 7.89. The van der Waals surface area contributed by atoms with Gasteiger partial charge in [-0.1, -0.05) is 13.0 Å². The molecule has 0 aliphatic carbocycles. The first kappa shape index (κ1) is 14.0. The highest BCUT2D eigenvalue weighted by atomic mass is 32.2. The van der Waals surface area contributed by atoms with Crippen molar-refractivity contribution in [3.63, 3.8) is 0 Å². The van der Waals surface area contributed by atoms with E-state index in [-0.39, 0.29) is 17.9 Å². The number of benzene rings is 1. The third-order valence-corrected chi connectivity index (χ3v) is 5.31. The van der Waals surface area contributed by atoms with Gasteiger partial charge in [0.15, 0.2) is 0 Å². The van der Waals surface area contributed by atoms with Crippen LogP contribution in [0, 0.1) is 0 Å². The van der Waals surface area contributed by atoms with Crippen LogP contribution in [-0.2, 0) is 23.0 Å². The Morgan fingerprint density at radius 2 is 2.11 bits per heavy atom. The fraction of sp³-hybridized carbons (Fsp3) is 0.462. The lowest BCUT2D eigenvalue weighted by Crippen LogP contribution is -2.37. The molecule has 0 bridgehead atoms. The van der Waals surface area contributed by atoms with E-state index in [4.69, 9.17) is 5.11 Å². The Bertz CT molecular complexity index is 595. The minimum absolute atomic E-state index is 0.140. The van der Waals surface area contributed by atoms with Gasteiger partial charge in [0.25, 0.3) is 0 Å². The lowest BCUT2D eigenvalue weighted by Gasteiger charge is -2.28. The van der Waals surface area contributed by atoms with E-state index in [1.165, 1.54) is 4.31 Å². The van der Waals surface area contributed by atoms with Crippen LogP contribution in [0.15, 0.2) is 18.2 Å². The third-order valence-electron chi connectivity index (χ3n) is 3.29. The minimum Gasteiger partial charge on any atom is -0.478 e. The van der Waals surface area contributed by atoms with Crippen molar-refractivity contribution in [2.45, 2.75) is 26.3 Å². The molecule has 1 aliphatic heterocycles. The molecule has 5 nitrogen and oxygen atoms in total. The van der Waals surface area contributed by atoms with E-state index in [9.17, 15) is 13.2 Å². The first-order chi connectivity index (χ1) is 8.94. The fourth-order valence-electron chi connectivity index (χ4n) is 2.29. The van der Waals surface area contributed by atoms with Crippen LogP contribution in [0.2, 0.25) is 0 Å². The van der Waals surface area contributed by atoms with Crippen molar-refractivity contribution in [3.8, 4) is 0 Å². The molecular formula is C13H17NO4S. The monoisotopic (exact) mass is 283 g/mol. The summed E-state index contributed by atoms with van der Waals surface area (Å²) in [6.45, 7) is 2.58. The summed E-state index contributed by atoms with van der Waals surface area (Å²) in [5.74, 6) is -0.850. The molecule has 19 heavy (non-hydrogen) atoms. The van der Waals surface area contributed by atoms with Crippen LogP contribution in [0.1, 0.15) is 34.8 Å². The van der Waals surface area contributed by atoms with Crippen molar-refractivity contribution in [3.05, 3.63) is 34.9 Å². The SMILES string of the molecule is CCCS(=O)(=O)N1CCc2ccc(C(=O)O)cc2C1. The molecule has 1 aliphatic rings. The van der Waals surface area contributed by atoms with Crippen LogP contribution in [0.3, 0.4) is 0 Å². The highest BCUT2D eigenvalue weighted by Gasteiger charge is 2.26. The summed E-state index contributed by atoms with van der Waals surface area (Å²) in [4.78, 5) is 10.9. The van der Waals surface area contributed by atoms with Crippen molar-refractivity contribution in [2.24, 2.45) is 0 Å². The first-order valence-corrected chi connectivity index (χ1v) is 7.88. The molecule has 1 aromatic rings. The van der Waals surface area contributed by atoms with E-state index in [1.807, 2.05) is 6.92 Å². The standard InChI is InChI=1S/C13H17NO4S/c1-2-7-19(17,18)14-6-5-10-3-4-11(13(15)16)8-12(10)9-14/h3-4,8H,2,5-7,9H2,1H3,(H,15,16). The number of carboxylic acid groups (broad SMARTS) is 1. The van der Waals surface area contributed by atoms with Crippen molar-refractivity contribution in [1.82, 2.24) is 4.31 Å². The Hall–Kier alpha value is -1.40. The molecule has 2 rings (SSSR count). The maximum Gasteiger partial charge on any atom is 0.335 e. The predicted octanol–water partition coefficient (Wildman–Crippen LogP) is 1.48. The fourth-order valence-corrected chi connectivity index (χ4v) is 3.77. The molecule has 0 radical (unpaired) electrons. The van der Waals surface area contributed by atoms with Gasteiger partial charge in [0.1, 0.15) is 0 Å². The number of hydrogen-bond donors (Lipinski definition) is 1. The second kappa shape index (κ2) is 5.30. The minimum atomic E-state index is -3.22. The van der Waals surface area contributed by atoms with Crippen molar-refractivity contribution in [2.75, 3.05) is 12.3 Å². The summed E-state index contributed by atoms with van der Waals surface area (Å²) >= 11 is 0. The van der Waals surface area contributed by atoms with Gasteiger partial charge in [0.2, 0.25) is 10.0 Å². The van der Waals surface area contributed by atoms with E-state index in [2.05, 4.69) is 0 Å². The van der Waals surface area contributed by atoms with Crippen molar-refractivity contribution in [1.29, 1.82) is 0 Å². The topological polar surface area (TPSA) is 74.7 Å². The number of hydrogen-bond acceptors (Lipinski definition) is 3. The molecule has 0 atom stereocenters. The lowest BCUT2D eigenvalue weighted by atomic mass is 9.99. The van der Waals surface area contributed by atoms with Crippen LogP contribution < -0.4 is 0 Å². The van der Waals surface area contributed by atoms with Gasteiger partial charge in [0.05, 0.1) is 11.3 Å². The van der Waals surface area contributed by atoms with Gasteiger partial charge in [-0.25, -0.2) is 13.2 Å². The molecule has 1 heterocycles. The van der Waals surface area contributed by atoms with Crippen LogP contribution in [0.5, 0.6) is 0 Å². The Kier molecular flexibility index (Phi) is 3.91. The van der Waals surface area contributed by atoms with Crippen LogP contribution >= 0.6 is 0 Å². The number of fused-ring (bicyclic) bond motifs is 1. The van der Waals surface area contributed by atoms with E-state index in [1.54, 1.807) is 18.2 Å². The number of sulfonamides is 1. The Morgan fingerprint density at radius 1 is 1.37 bits per heavy atom. The van der Waals surface area contributed by atoms with Crippen molar-refractivity contribution < 1.29 is 18.3 Å². The molecule has 0 aromatic heterocycles. The Labute approximate surface area is 112 Å². The van der Waals surface area contributed by atoms with Gasteiger partial charge < -0.3 is 5.11 Å². The zero-order valence-corrected chi connectivity index (χ0v) is 11.6. The molecule has 1 N–H and O–H groups in total. The largest absolute Gasteiger partial charge is 0.478 e. The second-order valence-electron chi connectivity index (χ2n) is 4.69. The van der Waals surface area contributed by atoms with E-state index < -0.39 is 16.0 Å². The maximum atomic E-state index is 12.0. The average Bonchev–Trinajstić information content (AvgIpc) is 2.37. The highest BCUT2D eigenvalue weighted by Crippen LogP contribution is 2.23. The number of aromatic carboxylic acids is 1. The summed E-state index contributed by atoms with van der Waals surface area (Å²) in [5.41, 5.74) is 2.03. The third kappa shape index (κ3) is 2.96. The zero-order valence-electron chi connectivity index (χ0n) is 10.8. The number of carboxylic acids is 1. The molecule has 104 valence electrons. The number of rotatable bonds is 4. The molecule has 0 amide bonds. The van der Waals surface area contributed by atoms with Gasteiger partial charge in [-0.15, -0.1) is 0 Å². The van der Waals surface area contributed by atoms with Gasteiger partial charge in [0, 0.05) is 13.1 Å². The van der Waals surface area contributed by atoms with Crippen LogP contribution in [0.25, 0.3) is 0 Å².